The van der Waals surface area contributed by atoms with Crippen LogP contribution >= 0.6 is 0 Å². The van der Waals surface area contributed by atoms with Crippen LogP contribution in [0.5, 0.6) is 5.88 Å². The average Bonchev–Trinajstić information content (AvgIpc) is 3.49. The van der Waals surface area contributed by atoms with Gasteiger partial charge in [-0.3, -0.25) is 14.5 Å². The van der Waals surface area contributed by atoms with E-state index < -0.39 is 5.91 Å². The first-order valence-electron chi connectivity index (χ1n) is 15.2. The van der Waals surface area contributed by atoms with Crippen LogP contribution in [0.25, 0.3) is 0 Å². The zero-order chi connectivity index (χ0) is 29.6. The number of likely N-dealkylation sites (tertiary alicyclic amines) is 1. The Morgan fingerprint density at radius 3 is 2.40 bits per heavy atom. The van der Waals surface area contributed by atoms with Gasteiger partial charge in [0.25, 0.3) is 5.91 Å². The minimum atomic E-state index is -0.662. The number of rotatable bonds is 10. The molecule has 0 unspecified atom stereocenters. The summed E-state index contributed by atoms with van der Waals surface area (Å²) >= 11 is 0. The lowest BCUT2D eigenvalue weighted by molar-refractivity contribution is -0.127. The first-order valence-corrected chi connectivity index (χ1v) is 15.2. The number of aryl methyl sites for hydroxylation is 1. The minimum Gasteiger partial charge on any atom is -0.474 e. The zero-order valence-corrected chi connectivity index (χ0v) is 24.9. The van der Waals surface area contributed by atoms with E-state index in [4.69, 9.17) is 10.5 Å². The second-order valence-electron chi connectivity index (χ2n) is 11.5. The smallest absolute Gasteiger partial charge is 0.271 e. The molecule has 3 saturated heterocycles. The highest BCUT2D eigenvalue weighted by atomic mass is 16.5. The lowest BCUT2D eigenvalue weighted by atomic mass is 10.0. The summed E-state index contributed by atoms with van der Waals surface area (Å²) in [6, 6.07) is 8.77. The predicted molar refractivity (Wildman–Crippen MR) is 164 cm³/mol. The van der Waals surface area contributed by atoms with Crippen LogP contribution in [-0.4, -0.2) is 108 Å². The van der Waals surface area contributed by atoms with Gasteiger partial charge in [-0.25, -0.2) is 4.98 Å². The van der Waals surface area contributed by atoms with Crippen molar-refractivity contribution in [2.75, 3.05) is 69.7 Å². The molecule has 3 N–H and O–H groups in total. The fourth-order valence-electron chi connectivity index (χ4n) is 6.22. The number of nitrogens with two attached hydrogens (primary N) is 1. The molecule has 3 fully saturated rings. The number of nitrogens with one attached hydrogen (secondary N) is 1. The van der Waals surface area contributed by atoms with Crippen molar-refractivity contribution in [3.05, 3.63) is 48.3 Å². The summed E-state index contributed by atoms with van der Waals surface area (Å²) in [5.41, 5.74) is 8.26. The molecule has 0 radical (unpaired) electrons. The van der Waals surface area contributed by atoms with E-state index in [1.165, 1.54) is 24.6 Å². The number of aromatic nitrogens is 2. The molecule has 0 aliphatic carbocycles. The van der Waals surface area contributed by atoms with E-state index in [9.17, 15) is 9.59 Å². The first kappa shape index (κ1) is 29.8. The number of carbonyl (C=O) groups is 2. The molecule has 1 aromatic heterocycles. The molecule has 2 amide bonds. The van der Waals surface area contributed by atoms with Crippen LogP contribution in [0.3, 0.4) is 0 Å². The number of benzene rings is 1. The van der Waals surface area contributed by atoms with Gasteiger partial charge in [0.1, 0.15) is 12.3 Å². The summed E-state index contributed by atoms with van der Waals surface area (Å²) in [5, 5.41) is 3.23. The fraction of sp³-hybridized carbons (Fsp3) is 0.548. The van der Waals surface area contributed by atoms with Crippen molar-refractivity contribution in [2.24, 2.45) is 5.73 Å². The van der Waals surface area contributed by atoms with Crippen molar-refractivity contribution in [3.8, 4) is 5.88 Å². The quantitative estimate of drug-likeness (QED) is 0.411. The molecule has 42 heavy (non-hydrogen) atoms. The third kappa shape index (κ3) is 6.84. The Kier molecular flexibility index (Phi) is 9.58. The minimum absolute atomic E-state index is 0.0617. The van der Waals surface area contributed by atoms with Crippen LogP contribution in [-0.2, 0) is 11.2 Å². The molecule has 4 heterocycles. The Hall–Kier alpha value is -3.70. The van der Waals surface area contributed by atoms with Gasteiger partial charge in [-0.2, -0.15) is 4.98 Å². The monoisotopic (exact) mass is 576 g/mol. The molecule has 11 nitrogen and oxygen atoms in total. The Bertz CT molecular complexity index is 1250. The van der Waals surface area contributed by atoms with Gasteiger partial charge in [0, 0.05) is 63.2 Å². The number of carbonyl (C=O) groups excluding carboxylic acids is 2. The largest absolute Gasteiger partial charge is 0.474 e. The number of hydrogen-bond donors (Lipinski definition) is 2. The van der Waals surface area contributed by atoms with E-state index in [0.717, 1.165) is 57.8 Å². The van der Waals surface area contributed by atoms with Gasteiger partial charge >= 0.3 is 0 Å². The molecule has 226 valence electrons. The number of likely N-dealkylation sites (N-methyl/N-ethyl adjacent to an activating group) is 1. The maximum absolute atomic E-state index is 12.3. The van der Waals surface area contributed by atoms with Gasteiger partial charge in [-0.15, -0.1) is 0 Å². The third-order valence-electron chi connectivity index (χ3n) is 8.76. The second kappa shape index (κ2) is 13.5. The summed E-state index contributed by atoms with van der Waals surface area (Å²) in [5.74, 6) is -0.176. The molecule has 2 aromatic rings. The molecule has 3 aliphatic rings. The van der Waals surface area contributed by atoms with Crippen LogP contribution in [0, 0.1) is 0 Å². The van der Waals surface area contributed by atoms with Crippen molar-refractivity contribution >= 4 is 29.0 Å². The van der Waals surface area contributed by atoms with Crippen molar-refractivity contribution in [1.82, 2.24) is 24.7 Å². The molecular formula is C31H44N8O3. The zero-order valence-electron chi connectivity index (χ0n) is 24.9. The van der Waals surface area contributed by atoms with E-state index in [2.05, 4.69) is 55.7 Å². The Morgan fingerprint density at radius 1 is 1.05 bits per heavy atom. The highest BCUT2D eigenvalue weighted by molar-refractivity contribution is 5.96. The van der Waals surface area contributed by atoms with E-state index in [-0.39, 0.29) is 30.1 Å². The van der Waals surface area contributed by atoms with Crippen LogP contribution < -0.4 is 20.7 Å². The van der Waals surface area contributed by atoms with Gasteiger partial charge < -0.3 is 30.5 Å². The third-order valence-corrected chi connectivity index (χ3v) is 8.76. The van der Waals surface area contributed by atoms with E-state index in [1.54, 1.807) is 4.90 Å². The molecule has 0 bridgehead atoms. The van der Waals surface area contributed by atoms with Crippen molar-refractivity contribution in [2.45, 2.75) is 51.1 Å². The maximum Gasteiger partial charge on any atom is 0.271 e. The topological polar surface area (TPSA) is 120 Å². The average molecular weight is 577 g/mol. The number of ether oxygens (including phenoxy) is 1. The Balaban J connectivity index is 1.24. The SMILES string of the molecule is C=CC(=O)N1CCC[C@H]1COc1nc(Nc2ccc(N3CCC(N4CCN(C)CC4)CC3)cc2)c(C(N)=O)nc1CC. The van der Waals surface area contributed by atoms with Crippen molar-refractivity contribution < 1.29 is 14.3 Å². The van der Waals surface area contributed by atoms with Gasteiger partial charge in [0.15, 0.2) is 11.5 Å². The van der Waals surface area contributed by atoms with Crippen molar-refractivity contribution in [3.63, 3.8) is 0 Å². The maximum atomic E-state index is 12.3. The van der Waals surface area contributed by atoms with E-state index in [0.29, 0.717) is 30.6 Å². The molecule has 0 saturated carbocycles. The number of primary amides is 1. The lowest BCUT2D eigenvalue weighted by Gasteiger charge is -2.42. The highest BCUT2D eigenvalue weighted by Gasteiger charge is 2.29. The summed E-state index contributed by atoms with van der Waals surface area (Å²) < 4.78 is 6.10. The molecule has 11 heteroatoms. The number of nitrogens with zero attached hydrogens (tertiary/aromatic N) is 6. The molecule has 3 aliphatic heterocycles. The molecule has 1 atom stereocenters. The van der Waals surface area contributed by atoms with Crippen LogP contribution in [0.15, 0.2) is 36.9 Å². The molecule has 1 aromatic carbocycles. The Labute approximate surface area is 248 Å². The van der Waals surface area contributed by atoms with Gasteiger partial charge in [-0.05, 0) is 69.5 Å². The van der Waals surface area contributed by atoms with Crippen LogP contribution in [0.2, 0.25) is 0 Å². The number of hydrogen-bond acceptors (Lipinski definition) is 9. The highest BCUT2D eigenvalue weighted by Crippen LogP contribution is 2.28. The summed E-state index contributed by atoms with van der Waals surface area (Å²) in [7, 11) is 2.20. The normalized spacial score (nSPS) is 20.5. The molecule has 0 spiro atoms. The summed E-state index contributed by atoms with van der Waals surface area (Å²) in [6.07, 6.45) is 5.96. The number of amides is 2. The van der Waals surface area contributed by atoms with Gasteiger partial charge in [0.2, 0.25) is 11.8 Å². The van der Waals surface area contributed by atoms with Crippen LogP contribution in [0.4, 0.5) is 17.2 Å². The second-order valence-corrected chi connectivity index (χ2v) is 11.5. The summed E-state index contributed by atoms with van der Waals surface area (Å²) in [4.78, 5) is 42.9. The first-order chi connectivity index (χ1) is 20.4. The van der Waals surface area contributed by atoms with E-state index in [1.807, 2.05) is 19.1 Å². The van der Waals surface area contributed by atoms with Crippen LogP contribution in [0.1, 0.15) is 48.8 Å². The van der Waals surface area contributed by atoms with Gasteiger partial charge in [-0.1, -0.05) is 13.5 Å². The number of anilines is 3. The standard InChI is InChI=1S/C31H44N8O3/c1-4-26-31(42-21-25-7-6-14-39(25)27(40)5-2)35-30(28(34-26)29(32)41)33-22-8-10-23(11-9-22)37-15-12-24(13-16-37)38-19-17-36(3)18-20-38/h5,8-11,24-25H,2,4,6-7,12-21H2,1,3H3,(H2,32,41)(H,33,35)/t25-/m0/s1. The Morgan fingerprint density at radius 2 is 1.76 bits per heavy atom. The van der Waals surface area contributed by atoms with Gasteiger partial charge in [0.05, 0.1) is 6.04 Å². The molecular weight excluding hydrogens is 532 g/mol. The number of piperazine rings is 1. The lowest BCUT2D eigenvalue weighted by Crippen LogP contribution is -2.52. The van der Waals surface area contributed by atoms with E-state index >= 15 is 0 Å². The fourth-order valence-corrected chi connectivity index (χ4v) is 6.22. The number of piperidine rings is 1. The predicted octanol–water partition coefficient (Wildman–Crippen LogP) is 2.65. The molecule has 5 rings (SSSR count). The summed E-state index contributed by atoms with van der Waals surface area (Å²) in [6.45, 7) is 13.2. The van der Waals surface area contributed by atoms with Crippen molar-refractivity contribution in [1.29, 1.82) is 0 Å².